The SMILES string of the molecule is O=C(Nc1ncnn1Cc1cnc(Cl)s1)C(F)(F)F. The predicted molar refractivity (Wildman–Crippen MR) is 60.9 cm³/mol. The van der Waals surface area contributed by atoms with Crippen molar-refractivity contribution in [1.82, 2.24) is 19.7 Å². The molecule has 6 nitrogen and oxygen atoms in total. The summed E-state index contributed by atoms with van der Waals surface area (Å²) in [4.78, 5) is 18.8. The summed E-state index contributed by atoms with van der Waals surface area (Å²) >= 11 is 6.78. The van der Waals surface area contributed by atoms with Crippen molar-refractivity contribution >= 4 is 34.8 Å². The number of anilines is 1. The van der Waals surface area contributed by atoms with Crippen LogP contribution in [0.15, 0.2) is 12.5 Å². The number of thiazole rings is 1. The first kappa shape index (κ1) is 13.7. The second-order valence-electron chi connectivity index (χ2n) is 3.27. The molecule has 0 saturated heterocycles. The Morgan fingerprint density at radius 1 is 1.47 bits per heavy atom. The number of hydrogen-bond donors (Lipinski definition) is 1. The standard InChI is InChI=1S/C8H5ClF3N5OS/c9-6-13-1-4(19-6)2-17-7(14-3-15-17)16-5(18)8(10,11)12/h1,3H,2H2,(H,14,15,16,18). The molecular formula is C8H5ClF3N5OS. The second-order valence-corrected chi connectivity index (χ2v) is 4.97. The van der Waals surface area contributed by atoms with Crippen LogP contribution >= 0.6 is 22.9 Å². The van der Waals surface area contributed by atoms with E-state index in [-0.39, 0.29) is 12.5 Å². The van der Waals surface area contributed by atoms with Gasteiger partial charge >= 0.3 is 12.1 Å². The molecule has 0 fully saturated rings. The fourth-order valence-electron chi connectivity index (χ4n) is 1.15. The molecule has 0 bridgehead atoms. The van der Waals surface area contributed by atoms with Gasteiger partial charge in [-0.3, -0.25) is 10.1 Å². The van der Waals surface area contributed by atoms with Crippen molar-refractivity contribution in [3.05, 3.63) is 21.9 Å². The number of alkyl halides is 3. The third-order valence-corrected chi connectivity index (χ3v) is 3.03. The third kappa shape index (κ3) is 3.41. The molecule has 0 aliphatic carbocycles. The number of carbonyl (C=O) groups excluding carboxylic acids is 1. The Morgan fingerprint density at radius 3 is 2.79 bits per heavy atom. The van der Waals surface area contributed by atoms with Crippen molar-refractivity contribution in [2.75, 3.05) is 5.32 Å². The van der Waals surface area contributed by atoms with Crippen molar-refractivity contribution in [1.29, 1.82) is 0 Å². The number of nitrogens with one attached hydrogen (secondary N) is 1. The summed E-state index contributed by atoms with van der Waals surface area (Å²) < 4.78 is 37.7. The predicted octanol–water partition coefficient (Wildman–Crippen LogP) is 1.94. The zero-order valence-electron chi connectivity index (χ0n) is 8.98. The summed E-state index contributed by atoms with van der Waals surface area (Å²) in [5, 5.41) is 5.35. The van der Waals surface area contributed by atoms with Crippen molar-refractivity contribution in [2.24, 2.45) is 0 Å². The molecule has 2 aromatic rings. The molecule has 0 aliphatic heterocycles. The largest absolute Gasteiger partial charge is 0.471 e. The summed E-state index contributed by atoms with van der Waals surface area (Å²) in [5.74, 6) is -2.41. The maximum Gasteiger partial charge on any atom is 0.471 e. The average molecular weight is 312 g/mol. The van der Waals surface area contributed by atoms with E-state index >= 15 is 0 Å². The monoisotopic (exact) mass is 311 g/mol. The van der Waals surface area contributed by atoms with Crippen LogP contribution < -0.4 is 5.32 Å². The maximum atomic E-state index is 12.1. The molecule has 0 saturated carbocycles. The molecule has 0 spiro atoms. The first-order valence-corrected chi connectivity index (χ1v) is 5.92. The van der Waals surface area contributed by atoms with Gasteiger partial charge in [-0.25, -0.2) is 9.67 Å². The highest BCUT2D eigenvalue weighted by Crippen LogP contribution is 2.20. The molecule has 11 heteroatoms. The Balaban J connectivity index is 2.12. The summed E-state index contributed by atoms with van der Waals surface area (Å²) in [7, 11) is 0. The molecule has 0 aromatic carbocycles. The molecule has 0 unspecified atom stereocenters. The Hall–Kier alpha value is -1.68. The van der Waals surface area contributed by atoms with Crippen LogP contribution in [0.1, 0.15) is 4.88 Å². The molecule has 2 aromatic heterocycles. The third-order valence-electron chi connectivity index (χ3n) is 1.93. The summed E-state index contributed by atoms with van der Waals surface area (Å²) in [6.07, 6.45) is -2.48. The smallest absolute Gasteiger partial charge is 0.287 e. The van der Waals surface area contributed by atoms with Gasteiger partial charge in [0.1, 0.15) is 6.33 Å². The molecule has 19 heavy (non-hydrogen) atoms. The molecule has 2 rings (SSSR count). The Bertz CT molecular complexity index is 595. The minimum absolute atomic E-state index is 0.109. The van der Waals surface area contributed by atoms with Crippen LogP contribution in [0.5, 0.6) is 0 Å². The van der Waals surface area contributed by atoms with E-state index in [2.05, 4.69) is 15.1 Å². The van der Waals surface area contributed by atoms with Gasteiger partial charge in [-0.15, -0.1) is 11.3 Å². The van der Waals surface area contributed by atoms with Gasteiger partial charge in [0.2, 0.25) is 5.95 Å². The number of halogens is 4. The number of aromatic nitrogens is 4. The van der Waals surface area contributed by atoms with Crippen LogP contribution in [0.25, 0.3) is 0 Å². The van der Waals surface area contributed by atoms with Crippen molar-refractivity contribution in [2.45, 2.75) is 12.7 Å². The van der Waals surface area contributed by atoms with Gasteiger partial charge in [0.05, 0.1) is 6.54 Å². The fourth-order valence-corrected chi connectivity index (χ4v) is 2.11. The average Bonchev–Trinajstić information content (AvgIpc) is 2.88. The molecule has 102 valence electrons. The van der Waals surface area contributed by atoms with Crippen molar-refractivity contribution < 1.29 is 18.0 Å². The van der Waals surface area contributed by atoms with Crippen LogP contribution in [0.3, 0.4) is 0 Å². The number of nitrogens with zero attached hydrogens (tertiary/aromatic N) is 4. The fraction of sp³-hybridized carbons (Fsp3) is 0.250. The zero-order valence-corrected chi connectivity index (χ0v) is 10.6. The van der Waals surface area contributed by atoms with Crippen molar-refractivity contribution in [3.63, 3.8) is 0 Å². The van der Waals surface area contributed by atoms with E-state index in [1.165, 1.54) is 6.20 Å². The minimum atomic E-state index is -4.98. The van der Waals surface area contributed by atoms with Crippen LogP contribution in [0.2, 0.25) is 4.47 Å². The van der Waals surface area contributed by atoms with Gasteiger partial charge in [-0.05, 0) is 0 Å². The van der Waals surface area contributed by atoms with Gasteiger partial charge in [0.15, 0.2) is 4.47 Å². The lowest BCUT2D eigenvalue weighted by atomic mass is 10.5. The van der Waals surface area contributed by atoms with E-state index in [4.69, 9.17) is 11.6 Å². The second kappa shape index (κ2) is 5.13. The topological polar surface area (TPSA) is 72.7 Å². The normalized spacial score (nSPS) is 11.6. The molecular weight excluding hydrogens is 307 g/mol. The van der Waals surface area contributed by atoms with E-state index < -0.39 is 12.1 Å². The van der Waals surface area contributed by atoms with Crippen LogP contribution in [0, 0.1) is 0 Å². The van der Waals surface area contributed by atoms with E-state index in [0.717, 1.165) is 22.3 Å². The van der Waals surface area contributed by atoms with Gasteiger partial charge < -0.3 is 0 Å². The van der Waals surface area contributed by atoms with Gasteiger partial charge in [0.25, 0.3) is 0 Å². The summed E-state index contributed by atoms with van der Waals surface area (Å²) in [5.41, 5.74) is 0. The Labute approximate surface area is 113 Å². The molecule has 0 atom stereocenters. The van der Waals surface area contributed by atoms with Crippen LogP contribution in [0.4, 0.5) is 19.1 Å². The van der Waals surface area contributed by atoms with Crippen LogP contribution in [-0.4, -0.2) is 31.8 Å². The van der Waals surface area contributed by atoms with E-state index in [9.17, 15) is 18.0 Å². The van der Waals surface area contributed by atoms with Gasteiger partial charge in [-0.2, -0.15) is 23.3 Å². The highest BCUT2D eigenvalue weighted by molar-refractivity contribution is 7.15. The molecule has 2 heterocycles. The lowest BCUT2D eigenvalue weighted by Crippen LogP contribution is -2.31. The highest BCUT2D eigenvalue weighted by Gasteiger charge is 2.39. The zero-order chi connectivity index (χ0) is 14.0. The highest BCUT2D eigenvalue weighted by atomic mass is 35.5. The number of amides is 1. The van der Waals surface area contributed by atoms with Gasteiger partial charge in [-0.1, -0.05) is 11.6 Å². The molecule has 1 amide bonds. The minimum Gasteiger partial charge on any atom is -0.287 e. The first-order valence-electron chi connectivity index (χ1n) is 4.72. The van der Waals surface area contributed by atoms with E-state index in [1.54, 1.807) is 5.32 Å². The first-order chi connectivity index (χ1) is 8.86. The summed E-state index contributed by atoms with van der Waals surface area (Å²) in [6.45, 7) is 0.109. The van der Waals surface area contributed by atoms with E-state index in [0.29, 0.717) is 9.34 Å². The number of rotatable bonds is 3. The molecule has 0 radical (unpaired) electrons. The lowest BCUT2D eigenvalue weighted by molar-refractivity contribution is -0.167. The number of carbonyl (C=O) groups is 1. The quantitative estimate of drug-likeness (QED) is 0.940. The molecule has 1 N–H and O–H groups in total. The Kier molecular flexibility index (Phi) is 3.71. The van der Waals surface area contributed by atoms with Crippen molar-refractivity contribution in [3.8, 4) is 0 Å². The number of hydrogen-bond acceptors (Lipinski definition) is 5. The van der Waals surface area contributed by atoms with Crippen LogP contribution in [-0.2, 0) is 11.3 Å². The molecule has 0 aliphatic rings. The van der Waals surface area contributed by atoms with Gasteiger partial charge in [0, 0.05) is 11.1 Å². The maximum absolute atomic E-state index is 12.1. The van der Waals surface area contributed by atoms with E-state index in [1.807, 2.05) is 0 Å². The Morgan fingerprint density at radius 2 is 2.21 bits per heavy atom. The summed E-state index contributed by atoms with van der Waals surface area (Å²) in [6, 6.07) is 0. The lowest BCUT2D eigenvalue weighted by Gasteiger charge is -2.08.